The lowest BCUT2D eigenvalue weighted by Crippen LogP contribution is -2.16. The monoisotopic (exact) mass is 264 g/mol. The summed E-state index contributed by atoms with van der Waals surface area (Å²) in [7, 11) is 0. The Morgan fingerprint density at radius 3 is 2.16 bits per heavy atom. The fourth-order valence-corrected chi connectivity index (χ4v) is 1.26. The summed E-state index contributed by atoms with van der Waals surface area (Å²) >= 11 is 0. The van der Waals surface area contributed by atoms with Gasteiger partial charge in [-0.15, -0.1) is 0 Å². The SMILES string of the molecule is CC(C)C(=O)OCc1ccccc1OC(=O)C(C)C. The Labute approximate surface area is 113 Å². The minimum absolute atomic E-state index is 0.110. The Bertz CT molecular complexity index is 449. The first kappa shape index (κ1) is 15.2. The smallest absolute Gasteiger partial charge is 0.313 e. The molecule has 0 bridgehead atoms. The molecule has 0 atom stereocenters. The van der Waals surface area contributed by atoms with Gasteiger partial charge in [0.05, 0.1) is 11.8 Å². The third-order valence-corrected chi connectivity index (χ3v) is 2.50. The number of rotatable bonds is 5. The molecule has 4 heteroatoms. The molecule has 1 aromatic rings. The fraction of sp³-hybridized carbons (Fsp3) is 0.467. The topological polar surface area (TPSA) is 52.6 Å². The van der Waals surface area contributed by atoms with Crippen LogP contribution in [-0.2, 0) is 20.9 Å². The second-order valence-electron chi connectivity index (χ2n) is 4.95. The standard InChI is InChI=1S/C15H20O4/c1-10(2)14(16)18-9-12-7-5-6-8-13(12)19-15(17)11(3)4/h5-8,10-11H,9H2,1-4H3. The molecular weight excluding hydrogens is 244 g/mol. The molecule has 0 spiro atoms. The normalized spacial score (nSPS) is 10.6. The largest absolute Gasteiger partial charge is 0.460 e. The number of benzene rings is 1. The highest BCUT2D eigenvalue weighted by Gasteiger charge is 2.14. The lowest BCUT2D eigenvalue weighted by Gasteiger charge is -2.12. The summed E-state index contributed by atoms with van der Waals surface area (Å²) in [5.41, 5.74) is 0.686. The summed E-state index contributed by atoms with van der Waals surface area (Å²) < 4.78 is 10.4. The summed E-state index contributed by atoms with van der Waals surface area (Å²) in [5, 5.41) is 0. The maximum atomic E-state index is 11.6. The van der Waals surface area contributed by atoms with E-state index in [1.54, 1.807) is 45.9 Å². The molecule has 0 aromatic heterocycles. The quantitative estimate of drug-likeness (QED) is 0.606. The molecule has 0 saturated heterocycles. The summed E-state index contributed by atoms with van der Waals surface area (Å²) in [6.45, 7) is 7.19. The van der Waals surface area contributed by atoms with Gasteiger partial charge in [0, 0.05) is 5.56 Å². The molecule has 0 heterocycles. The molecular formula is C15H20O4. The van der Waals surface area contributed by atoms with E-state index >= 15 is 0 Å². The first-order valence-electron chi connectivity index (χ1n) is 6.38. The second-order valence-corrected chi connectivity index (χ2v) is 4.95. The average Bonchev–Trinajstić information content (AvgIpc) is 2.36. The number of carbonyl (C=O) groups excluding carboxylic acids is 2. The Kier molecular flexibility index (Phi) is 5.55. The van der Waals surface area contributed by atoms with Crippen molar-refractivity contribution in [2.45, 2.75) is 34.3 Å². The van der Waals surface area contributed by atoms with Crippen molar-refractivity contribution in [1.29, 1.82) is 0 Å². The predicted molar refractivity (Wildman–Crippen MR) is 71.5 cm³/mol. The molecule has 0 amide bonds. The highest BCUT2D eigenvalue weighted by atomic mass is 16.5. The van der Waals surface area contributed by atoms with Crippen molar-refractivity contribution in [2.75, 3.05) is 0 Å². The minimum atomic E-state index is -0.303. The van der Waals surface area contributed by atoms with Gasteiger partial charge in [0.2, 0.25) is 0 Å². The van der Waals surface area contributed by atoms with Gasteiger partial charge in [-0.1, -0.05) is 45.9 Å². The Hall–Kier alpha value is -1.84. The van der Waals surface area contributed by atoms with Crippen LogP contribution in [0.4, 0.5) is 0 Å². The molecule has 0 aliphatic rings. The molecule has 0 N–H and O–H groups in total. The molecule has 0 fully saturated rings. The predicted octanol–water partition coefficient (Wildman–Crippen LogP) is 2.95. The molecule has 1 aromatic carbocycles. The number of esters is 2. The van der Waals surface area contributed by atoms with Crippen molar-refractivity contribution in [3.63, 3.8) is 0 Å². The van der Waals surface area contributed by atoms with Crippen LogP contribution in [0, 0.1) is 11.8 Å². The van der Waals surface area contributed by atoms with E-state index in [4.69, 9.17) is 9.47 Å². The Morgan fingerprint density at radius 2 is 1.58 bits per heavy atom. The highest BCUT2D eigenvalue weighted by molar-refractivity contribution is 5.75. The van der Waals surface area contributed by atoms with E-state index in [0.717, 1.165) is 0 Å². The van der Waals surface area contributed by atoms with Gasteiger partial charge in [0.25, 0.3) is 0 Å². The Balaban J connectivity index is 2.73. The maximum absolute atomic E-state index is 11.6. The Morgan fingerprint density at radius 1 is 1.00 bits per heavy atom. The van der Waals surface area contributed by atoms with Crippen LogP contribution in [0.3, 0.4) is 0 Å². The zero-order chi connectivity index (χ0) is 14.4. The van der Waals surface area contributed by atoms with Crippen LogP contribution < -0.4 is 4.74 Å². The highest BCUT2D eigenvalue weighted by Crippen LogP contribution is 2.20. The van der Waals surface area contributed by atoms with Crippen molar-refractivity contribution in [2.24, 2.45) is 11.8 Å². The van der Waals surface area contributed by atoms with Crippen LogP contribution in [0.25, 0.3) is 0 Å². The number of hydrogen-bond donors (Lipinski definition) is 0. The average molecular weight is 264 g/mol. The summed E-state index contributed by atoms with van der Waals surface area (Å²) in [6.07, 6.45) is 0. The van der Waals surface area contributed by atoms with E-state index in [1.165, 1.54) is 0 Å². The van der Waals surface area contributed by atoms with Gasteiger partial charge in [-0.25, -0.2) is 0 Å². The van der Waals surface area contributed by atoms with Crippen LogP contribution in [0.2, 0.25) is 0 Å². The third kappa shape index (κ3) is 4.73. The molecule has 104 valence electrons. The lowest BCUT2D eigenvalue weighted by molar-refractivity contribution is -0.148. The van der Waals surface area contributed by atoms with Crippen LogP contribution >= 0.6 is 0 Å². The van der Waals surface area contributed by atoms with Gasteiger partial charge in [0.15, 0.2) is 0 Å². The maximum Gasteiger partial charge on any atom is 0.313 e. The summed E-state index contributed by atoms with van der Waals surface area (Å²) in [5.74, 6) is -0.512. The van der Waals surface area contributed by atoms with Crippen molar-refractivity contribution >= 4 is 11.9 Å². The van der Waals surface area contributed by atoms with Crippen LogP contribution in [0.5, 0.6) is 5.75 Å². The molecule has 0 unspecified atom stereocenters. The number of ether oxygens (including phenoxy) is 2. The van der Waals surface area contributed by atoms with Gasteiger partial charge in [-0.05, 0) is 6.07 Å². The van der Waals surface area contributed by atoms with Crippen LogP contribution in [-0.4, -0.2) is 11.9 Å². The summed E-state index contributed by atoms with van der Waals surface area (Å²) in [4.78, 5) is 23.0. The van der Waals surface area contributed by atoms with Gasteiger partial charge >= 0.3 is 11.9 Å². The first-order valence-corrected chi connectivity index (χ1v) is 6.38. The van der Waals surface area contributed by atoms with E-state index in [0.29, 0.717) is 11.3 Å². The molecule has 0 saturated carbocycles. The van der Waals surface area contributed by atoms with Crippen molar-refractivity contribution in [3.8, 4) is 5.75 Å². The first-order chi connectivity index (χ1) is 8.91. The molecule has 19 heavy (non-hydrogen) atoms. The van der Waals surface area contributed by atoms with Crippen LogP contribution in [0.15, 0.2) is 24.3 Å². The molecule has 0 aliphatic heterocycles. The third-order valence-electron chi connectivity index (χ3n) is 2.50. The number of carbonyl (C=O) groups is 2. The van der Waals surface area contributed by atoms with E-state index in [9.17, 15) is 9.59 Å². The summed E-state index contributed by atoms with van der Waals surface area (Å²) in [6, 6.07) is 7.05. The van der Waals surface area contributed by atoms with Gasteiger partial charge in [-0.3, -0.25) is 9.59 Å². The van der Waals surface area contributed by atoms with E-state index < -0.39 is 0 Å². The molecule has 4 nitrogen and oxygen atoms in total. The van der Waals surface area contributed by atoms with E-state index in [2.05, 4.69) is 0 Å². The molecule has 1 rings (SSSR count). The zero-order valence-electron chi connectivity index (χ0n) is 11.8. The molecule has 0 radical (unpaired) electrons. The van der Waals surface area contributed by atoms with E-state index in [1.807, 2.05) is 6.07 Å². The van der Waals surface area contributed by atoms with Crippen molar-refractivity contribution in [1.82, 2.24) is 0 Å². The number of hydrogen-bond acceptors (Lipinski definition) is 4. The zero-order valence-corrected chi connectivity index (χ0v) is 11.8. The van der Waals surface area contributed by atoms with Crippen molar-refractivity contribution in [3.05, 3.63) is 29.8 Å². The van der Waals surface area contributed by atoms with Crippen molar-refractivity contribution < 1.29 is 19.1 Å². The van der Waals surface area contributed by atoms with E-state index in [-0.39, 0.29) is 30.4 Å². The second kappa shape index (κ2) is 6.92. The fourth-order valence-electron chi connectivity index (χ4n) is 1.26. The van der Waals surface area contributed by atoms with Crippen LogP contribution in [0.1, 0.15) is 33.3 Å². The lowest BCUT2D eigenvalue weighted by atomic mass is 10.2. The molecule has 0 aliphatic carbocycles. The van der Waals surface area contributed by atoms with Gasteiger partial charge < -0.3 is 9.47 Å². The van der Waals surface area contributed by atoms with Gasteiger partial charge in [-0.2, -0.15) is 0 Å². The number of para-hydroxylation sites is 1. The minimum Gasteiger partial charge on any atom is -0.460 e. The van der Waals surface area contributed by atoms with Gasteiger partial charge in [0.1, 0.15) is 12.4 Å².